The molecule has 0 saturated carbocycles. The largest absolute Gasteiger partial charge is 0.320 e. The summed E-state index contributed by atoms with van der Waals surface area (Å²) in [5.74, 6) is -1.18. The van der Waals surface area contributed by atoms with Crippen LogP contribution in [0.4, 0.5) is 5.69 Å². The van der Waals surface area contributed by atoms with Crippen LogP contribution in [0.15, 0.2) is 53.3 Å². The Bertz CT molecular complexity index is 1420. The van der Waals surface area contributed by atoms with Crippen molar-refractivity contribution in [1.82, 2.24) is 13.7 Å². The molecule has 3 aromatic rings. The maximum atomic E-state index is 13.1. The number of aromatic nitrogens is 2. The molecule has 2 heterocycles. The molecular weight excluding hydrogens is 511 g/mol. The number of para-hydroxylation sites is 1. The minimum absolute atomic E-state index is 0.0498. The molecule has 2 aromatic carbocycles. The van der Waals surface area contributed by atoms with E-state index in [1.807, 2.05) is 30.3 Å². The first-order chi connectivity index (χ1) is 16.6. The van der Waals surface area contributed by atoms with Crippen LogP contribution in [0.25, 0.3) is 5.69 Å². The zero-order chi connectivity index (χ0) is 25.3. The lowest BCUT2D eigenvalue weighted by Crippen LogP contribution is -2.44. The summed E-state index contributed by atoms with van der Waals surface area (Å²) in [6.45, 7) is 2.14. The molecule has 1 fully saturated rings. The number of nitrogens with zero attached hydrogens (tertiary/aromatic N) is 3. The van der Waals surface area contributed by atoms with Gasteiger partial charge in [0.15, 0.2) is 0 Å². The summed E-state index contributed by atoms with van der Waals surface area (Å²) in [6, 6.07) is 13.9. The van der Waals surface area contributed by atoms with Gasteiger partial charge in [-0.2, -0.15) is 0 Å². The van der Waals surface area contributed by atoms with Gasteiger partial charge in [0.2, 0.25) is 15.9 Å². The fourth-order valence-electron chi connectivity index (χ4n) is 4.28. The van der Waals surface area contributed by atoms with Crippen LogP contribution in [0, 0.1) is 12.8 Å². The van der Waals surface area contributed by atoms with Crippen LogP contribution in [-0.4, -0.2) is 41.1 Å². The van der Waals surface area contributed by atoms with Crippen molar-refractivity contribution in [3.8, 4) is 5.69 Å². The van der Waals surface area contributed by atoms with Gasteiger partial charge in [-0.15, -0.1) is 0 Å². The molecule has 1 aliphatic heterocycles. The second-order valence-electron chi connectivity index (χ2n) is 8.63. The predicted molar refractivity (Wildman–Crippen MR) is 138 cm³/mol. The van der Waals surface area contributed by atoms with Crippen molar-refractivity contribution in [3.05, 3.63) is 80.2 Å². The molecule has 4 rings (SSSR count). The molecular formula is C24H26Cl2N4O4S. The molecule has 0 spiro atoms. The Balaban J connectivity index is 1.50. The van der Waals surface area contributed by atoms with Gasteiger partial charge >= 0.3 is 0 Å². The molecule has 1 aromatic heterocycles. The number of rotatable bonds is 6. The number of amides is 1. The summed E-state index contributed by atoms with van der Waals surface area (Å²) in [5, 5.41) is 3.41. The second-order valence-corrected chi connectivity index (χ2v) is 11.4. The number of carbonyl (C=O) groups is 1. The van der Waals surface area contributed by atoms with Gasteiger partial charge in [-0.05, 0) is 49.6 Å². The van der Waals surface area contributed by atoms with Crippen LogP contribution in [0.5, 0.6) is 0 Å². The highest BCUT2D eigenvalue weighted by Crippen LogP contribution is 2.26. The molecule has 35 heavy (non-hydrogen) atoms. The van der Waals surface area contributed by atoms with Crippen molar-refractivity contribution >= 4 is 44.8 Å². The molecule has 1 saturated heterocycles. The highest BCUT2D eigenvalue weighted by atomic mass is 35.5. The fourth-order valence-corrected chi connectivity index (χ4v) is 6.20. The van der Waals surface area contributed by atoms with Gasteiger partial charge in [-0.1, -0.05) is 47.5 Å². The third kappa shape index (κ3) is 5.33. The number of benzene rings is 2. The summed E-state index contributed by atoms with van der Waals surface area (Å²) in [7, 11) is -1.93. The molecule has 1 N–H and O–H groups in total. The Labute approximate surface area is 214 Å². The summed E-state index contributed by atoms with van der Waals surface area (Å²) < 4.78 is 30.6. The number of halogens is 2. The molecule has 1 unspecified atom stereocenters. The number of piperidine rings is 1. The van der Waals surface area contributed by atoms with E-state index in [9.17, 15) is 18.0 Å². The first-order valence-corrected chi connectivity index (χ1v) is 13.5. The predicted octanol–water partition coefficient (Wildman–Crippen LogP) is 3.97. The van der Waals surface area contributed by atoms with Gasteiger partial charge in [0.25, 0.3) is 5.56 Å². The molecule has 0 radical (unpaired) electrons. The molecule has 0 bridgehead atoms. The SMILES string of the molecule is Cc1c(NC(=O)C2CCCN(S(=O)(=O)Cc3ccc(Cl)c(Cl)c3)C2)c(=O)n(-c2ccccc2)n1C. The van der Waals surface area contributed by atoms with Crippen molar-refractivity contribution in [3.63, 3.8) is 0 Å². The third-order valence-corrected chi connectivity index (χ3v) is 8.84. The number of sulfonamides is 1. The van der Waals surface area contributed by atoms with Crippen LogP contribution in [0.1, 0.15) is 24.1 Å². The highest BCUT2D eigenvalue weighted by Gasteiger charge is 2.33. The lowest BCUT2D eigenvalue weighted by Gasteiger charge is -2.31. The Kier molecular flexibility index (Phi) is 7.42. The average molecular weight is 537 g/mol. The fraction of sp³-hybridized carbons (Fsp3) is 0.333. The molecule has 11 heteroatoms. The minimum atomic E-state index is -3.68. The van der Waals surface area contributed by atoms with Crippen LogP contribution in [0.3, 0.4) is 0 Å². The van der Waals surface area contributed by atoms with E-state index < -0.39 is 15.9 Å². The van der Waals surface area contributed by atoms with Gasteiger partial charge in [0.1, 0.15) is 5.69 Å². The molecule has 8 nitrogen and oxygen atoms in total. The summed E-state index contributed by atoms with van der Waals surface area (Å²) >= 11 is 12.0. The zero-order valence-electron chi connectivity index (χ0n) is 19.4. The smallest absolute Gasteiger partial charge is 0.295 e. The number of nitrogens with one attached hydrogen (secondary N) is 1. The van der Waals surface area contributed by atoms with Crippen LogP contribution in [-0.2, 0) is 27.6 Å². The van der Waals surface area contributed by atoms with E-state index in [1.165, 1.54) is 15.1 Å². The number of hydrogen-bond acceptors (Lipinski definition) is 4. The highest BCUT2D eigenvalue weighted by molar-refractivity contribution is 7.88. The van der Waals surface area contributed by atoms with Crippen molar-refractivity contribution in [2.75, 3.05) is 18.4 Å². The molecule has 1 atom stereocenters. The number of carbonyl (C=O) groups excluding carboxylic acids is 1. The summed E-state index contributed by atoms with van der Waals surface area (Å²) in [5.41, 5.74) is 1.65. The molecule has 1 amide bonds. The maximum absolute atomic E-state index is 13.1. The average Bonchev–Trinajstić information content (AvgIpc) is 3.05. The Morgan fingerprint density at radius 3 is 2.51 bits per heavy atom. The monoisotopic (exact) mass is 536 g/mol. The van der Waals surface area contributed by atoms with Crippen LogP contribution >= 0.6 is 23.2 Å². The van der Waals surface area contributed by atoms with E-state index >= 15 is 0 Å². The number of anilines is 1. The Hall–Kier alpha value is -2.59. The standard InChI is InChI=1S/C24H26Cl2N4O4S/c1-16-22(24(32)30(28(16)2)19-8-4-3-5-9-19)27-23(31)18-7-6-12-29(14-18)35(33,34)15-17-10-11-20(25)21(26)13-17/h3-5,8-11,13,18H,6-7,12,14-15H2,1-2H3,(H,27,31). The van der Waals surface area contributed by atoms with Gasteiger partial charge in [-0.25, -0.2) is 17.4 Å². The first kappa shape index (κ1) is 25.5. The van der Waals surface area contributed by atoms with E-state index in [0.29, 0.717) is 41.4 Å². The van der Waals surface area contributed by atoms with Crippen molar-refractivity contribution in [2.45, 2.75) is 25.5 Å². The van der Waals surface area contributed by atoms with Crippen molar-refractivity contribution in [1.29, 1.82) is 0 Å². The van der Waals surface area contributed by atoms with Gasteiger partial charge in [0.05, 0.1) is 33.1 Å². The third-order valence-electron chi connectivity index (χ3n) is 6.28. The summed E-state index contributed by atoms with van der Waals surface area (Å²) in [4.78, 5) is 26.2. The normalized spacial score (nSPS) is 16.9. The summed E-state index contributed by atoms with van der Waals surface area (Å²) in [6.07, 6.45) is 1.07. The van der Waals surface area contributed by atoms with Gasteiger partial charge in [-0.3, -0.25) is 14.3 Å². The maximum Gasteiger partial charge on any atom is 0.295 e. The molecule has 186 valence electrons. The van der Waals surface area contributed by atoms with Gasteiger partial charge in [0, 0.05) is 20.1 Å². The van der Waals surface area contributed by atoms with E-state index in [-0.39, 0.29) is 34.5 Å². The van der Waals surface area contributed by atoms with E-state index in [0.717, 1.165) is 0 Å². The van der Waals surface area contributed by atoms with E-state index in [2.05, 4.69) is 5.32 Å². The minimum Gasteiger partial charge on any atom is -0.320 e. The van der Waals surface area contributed by atoms with E-state index in [1.54, 1.807) is 30.8 Å². The Morgan fingerprint density at radius 2 is 1.83 bits per heavy atom. The van der Waals surface area contributed by atoms with E-state index in [4.69, 9.17) is 23.2 Å². The lowest BCUT2D eigenvalue weighted by molar-refractivity contribution is -0.120. The van der Waals surface area contributed by atoms with Crippen molar-refractivity contribution < 1.29 is 13.2 Å². The van der Waals surface area contributed by atoms with Gasteiger partial charge < -0.3 is 5.32 Å². The van der Waals surface area contributed by atoms with Crippen molar-refractivity contribution in [2.24, 2.45) is 13.0 Å². The lowest BCUT2D eigenvalue weighted by atomic mass is 9.99. The molecule has 1 aliphatic rings. The Morgan fingerprint density at radius 1 is 1.11 bits per heavy atom. The second kappa shape index (κ2) is 10.2. The quantitative estimate of drug-likeness (QED) is 0.515. The first-order valence-electron chi connectivity index (χ1n) is 11.1. The van der Waals surface area contributed by atoms with Crippen LogP contribution < -0.4 is 10.9 Å². The number of hydrogen-bond donors (Lipinski definition) is 1. The topological polar surface area (TPSA) is 93.4 Å². The zero-order valence-corrected chi connectivity index (χ0v) is 21.7. The van der Waals surface area contributed by atoms with Crippen LogP contribution in [0.2, 0.25) is 10.0 Å². The molecule has 0 aliphatic carbocycles.